The first-order valence-electron chi connectivity index (χ1n) is 6.89. The first-order chi connectivity index (χ1) is 10.9. The second-order valence-electron chi connectivity index (χ2n) is 5.65. The number of halogens is 3. The fourth-order valence-corrected chi connectivity index (χ4v) is 2.31. The van der Waals surface area contributed by atoms with Crippen molar-refractivity contribution < 1.29 is 37.0 Å². The van der Waals surface area contributed by atoms with Crippen LogP contribution in [0.3, 0.4) is 0 Å². The van der Waals surface area contributed by atoms with Gasteiger partial charge in [-0.2, -0.15) is 13.2 Å². The maximum atomic E-state index is 13.1. The molecule has 1 heterocycles. The predicted molar refractivity (Wildman–Crippen MR) is 77.0 cm³/mol. The van der Waals surface area contributed by atoms with Gasteiger partial charge in [0.25, 0.3) is 5.79 Å². The summed E-state index contributed by atoms with van der Waals surface area (Å²) in [6, 6.07) is 2.15. The standard InChI is InChI=1S/C16H15F3O5/c1-8-5-9(7-11(12(8)22-4)16(17,18)19)6-10-13(20)23-15(2,3)24-14(10)21/h5-7H,1-4H3. The number of ether oxygens (including phenoxy) is 3. The van der Waals surface area contributed by atoms with Crippen LogP contribution in [0.15, 0.2) is 17.7 Å². The van der Waals surface area contributed by atoms with Crippen LogP contribution < -0.4 is 4.74 Å². The van der Waals surface area contributed by atoms with Crippen LogP contribution in [0.2, 0.25) is 0 Å². The number of carbonyl (C=O) groups is 2. The minimum Gasteiger partial charge on any atom is -0.496 e. The molecule has 1 aliphatic rings. The molecule has 0 saturated carbocycles. The number of hydrogen-bond donors (Lipinski definition) is 0. The van der Waals surface area contributed by atoms with Gasteiger partial charge in [-0.3, -0.25) is 0 Å². The Morgan fingerprint density at radius 3 is 2.12 bits per heavy atom. The van der Waals surface area contributed by atoms with Crippen molar-refractivity contribution >= 4 is 18.0 Å². The largest absolute Gasteiger partial charge is 0.496 e. The van der Waals surface area contributed by atoms with Crippen molar-refractivity contribution in [3.63, 3.8) is 0 Å². The highest BCUT2D eigenvalue weighted by Gasteiger charge is 2.39. The summed E-state index contributed by atoms with van der Waals surface area (Å²) in [5, 5.41) is 0. The summed E-state index contributed by atoms with van der Waals surface area (Å²) in [4.78, 5) is 23.8. The average molecular weight is 344 g/mol. The lowest BCUT2D eigenvalue weighted by atomic mass is 10.0. The Labute approximate surface area is 136 Å². The van der Waals surface area contributed by atoms with Crippen LogP contribution in [0.1, 0.15) is 30.5 Å². The first kappa shape index (κ1) is 17.8. The Morgan fingerprint density at radius 2 is 1.67 bits per heavy atom. The maximum absolute atomic E-state index is 13.1. The Morgan fingerprint density at radius 1 is 1.12 bits per heavy atom. The van der Waals surface area contributed by atoms with Crippen LogP contribution in [0.4, 0.5) is 13.2 Å². The maximum Gasteiger partial charge on any atom is 0.419 e. The molecule has 0 spiro atoms. The molecule has 0 atom stereocenters. The number of cyclic esters (lactones) is 2. The molecule has 0 amide bonds. The molecule has 0 aliphatic carbocycles. The molecule has 1 saturated heterocycles. The van der Waals surface area contributed by atoms with Crippen molar-refractivity contribution in [3.05, 3.63) is 34.4 Å². The predicted octanol–water partition coefficient (Wildman–Crippen LogP) is 3.24. The normalized spacial score (nSPS) is 17.2. The zero-order valence-corrected chi connectivity index (χ0v) is 13.4. The molecule has 1 fully saturated rings. The second kappa shape index (κ2) is 5.85. The molecule has 0 bridgehead atoms. The van der Waals surface area contributed by atoms with E-state index in [1.165, 1.54) is 26.8 Å². The summed E-state index contributed by atoms with van der Waals surface area (Å²) in [7, 11) is 1.13. The third kappa shape index (κ3) is 3.52. The van der Waals surface area contributed by atoms with Crippen LogP contribution >= 0.6 is 0 Å². The smallest absolute Gasteiger partial charge is 0.419 e. The molecule has 24 heavy (non-hydrogen) atoms. The van der Waals surface area contributed by atoms with Gasteiger partial charge in [-0.1, -0.05) is 0 Å². The van der Waals surface area contributed by atoms with Crippen LogP contribution in [0, 0.1) is 6.92 Å². The van der Waals surface area contributed by atoms with Gasteiger partial charge in [0.1, 0.15) is 11.3 Å². The van der Waals surface area contributed by atoms with Gasteiger partial charge in [-0.05, 0) is 36.3 Å². The topological polar surface area (TPSA) is 61.8 Å². The highest BCUT2D eigenvalue weighted by molar-refractivity contribution is 6.18. The van der Waals surface area contributed by atoms with E-state index >= 15 is 0 Å². The number of rotatable bonds is 2. The van der Waals surface area contributed by atoms with Crippen LogP contribution in [-0.4, -0.2) is 24.8 Å². The molecule has 0 N–H and O–H groups in total. The Hall–Kier alpha value is -2.51. The van der Waals surface area contributed by atoms with Crippen molar-refractivity contribution in [1.29, 1.82) is 0 Å². The van der Waals surface area contributed by atoms with E-state index < -0.39 is 35.0 Å². The van der Waals surface area contributed by atoms with Crippen molar-refractivity contribution in [1.82, 2.24) is 0 Å². The first-order valence-corrected chi connectivity index (χ1v) is 6.89. The zero-order valence-electron chi connectivity index (χ0n) is 13.4. The number of alkyl halides is 3. The van der Waals surface area contributed by atoms with Gasteiger partial charge >= 0.3 is 18.1 Å². The van der Waals surface area contributed by atoms with E-state index in [-0.39, 0.29) is 16.9 Å². The lowest BCUT2D eigenvalue weighted by molar-refractivity contribution is -0.222. The van der Waals surface area contributed by atoms with Gasteiger partial charge in [0.2, 0.25) is 0 Å². The molecule has 1 aromatic rings. The van der Waals surface area contributed by atoms with Crippen molar-refractivity contribution in [2.45, 2.75) is 32.7 Å². The molecule has 2 rings (SSSR count). The second-order valence-corrected chi connectivity index (χ2v) is 5.65. The molecule has 5 nitrogen and oxygen atoms in total. The highest BCUT2D eigenvalue weighted by atomic mass is 19.4. The molecule has 0 unspecified atom stereocenters. The van der Waals surface area contributed by atoms with E-state index in [4.69, 9.17) is 14.2 Å². The summed E-state index contributed by atoms with van der Waals surface area (Å²) in [6.07, 6.45) is -3.65. The summed E-state index contributed by atoms with van der Waals surface area (Å²) in [5.74, 6) is -3.66. The summed E-state index contributed by atoms with van der Waals surface area (Å²) < 4.78 is 54.0. The number of methoxy groups -OCH3 is 1. The third-order valence-corrected chi connectivity index (χ3v) is 3.23. The number of benzene rings is 1. The van der Waals surface area contributed by atoms with Gasteiger partial charge in [0.05, 0.1) is 12.7 Å². The van der Waals surface area contributed by atoms with Crippen molar-refractivity contribution in [2.75, 3.05) is 7.11 Å². The van der Waals surface area contributed by atoms with Crippen molar-refractivity contribution in [3.8, 4) is 5.75 Å². The summed E-state index contributed by atoms with van der Waals surface area (Å²) in [6.45, 7) is 4.18. The van der Waals surface area contributed by atoms with Crippen LogP contribution in [0.25, 0.3) is 6.08 Å². The monoisotopic (exact) mass is 344 g/mol. The molecule has 0 aromatic heterocycles. The lowest BCUT2D eigenvalue weighted by Gasteiger charge is -2.29. The molecule has 8 heteroatoms. The summed E-state index contributed by atoms with van der Waals surface area (Å²) in [5.41, 5.74) is -1.27. The fourth-order valence-electron chi connectivity index (χ4n) is 2.31. The van der Waals surface area contributed by atoms with Crippen LogP contribution in [-0.2, 0) is 25.2 Å². The Balaban J connectivity index is 2.52. The zero-order chi connectivity index (χ0) is 18.3. The Bertz CT molecular complexity index is 710. The third-order valence-electron chi connectivity index (χ3n) is 3.23. The molecule has 0 radical (unpaired) electrons. The lowest BCUT2D eigenvalue weighted by Crippen LogP contribution is -2.41. The van der Waals surface area contributed by atoms with E-state index in [0.717, 1.165) is 19.3 Å². The fraction of sp³-hybridized carbons (Fsp3) is 0.375. The molecular weight excluding hydrogens is 329 g/mol. The number of aryl methyl sites for hydroxylation is 1. The highest BCUT2D eigenvalue weighted by Crippen LogP contribution is 2.39. The average Bonchev–Trinajstić information content (AvgIpc) is 2.40. The summed E-state index contributed by atoms with van der Waals surface area (Å²) >= 11 is 0. The quantitative estimate of drug-likeness (QED) is 0.468. The number of esters is 2. The number of hydrogen-bond acceptors (Lipinski definition) is 5. The van der Waals surface area contributed by atoms with Gasteiger partial charge in [-0.15, -0.1) is 0 Å². The van der Waals surface area contributed by atoms with Crippen LogP contribution in [0.5, 0.6) is 5.75 Å². The van der Waals surface area contributed by atoms with E-state index in [2.05, 4.69) is 0 Å². The Kier molecular flexibility index (Phi) is 4.34. The number of carbonyl (C=O) groups excluding carboxylic acids is 2. The van der Waals surface area contributed by atoms with E-state index in [1.807, 2.05) is 0 Å². The van der Waals surface area contributed by atoms with E-state index in [9.17, 15) is 22.8 Å². The molecule has 1 aromatic carbocycles. The van der Waals surface area contributed by atoms with E-state index in [1.54, 1.807) is 0 Å². The molecule has 1 aliphatic heterocycles. The van der Waals surface area contributed by atoms with Gasteiger partial charge in [-0.25, -0.2) is 9.59 Å². The SMILES string of the molecule is COc1c(C)cc(C=C2C(=O)OC(C)(C)OC2=O)cc1C(F)(F)F. The van der Waals surface area contributed by atoms with Gasteiger partial charge < -0.3 is 14.2 Å². The molecular formula is C16H15F3O5. The molecule has 130 valence electrons. The van der Waals surface area contributed by atoms with Gasteiger partial charge in [0, 0.05) is 13.8 Å². The minimum atomic E-state index is -4.65. The van der Waals surface area contributed by atoms with E-state index in [0.29, 0.717) is 0 Å². The minimum absolute atomic E-state index is 0.00392. The van der Waals surface area contributed by atoms with Crippen molar-refractivity contribution in [2.24, 2.45) is 0 Å². The van der Waals surface area contributed by atoms with Gasteiger partial charge in [0.15, 0.2) is 0 Å².